The molecule has 0 bridgehead atoms. The number of pyridine rings is 1. The summed E-state index contributed by atoms with van der Waals surface area (Å²) in [5.41, 5.74) is 6.62. The van der Waals surface area contributed by atoms with E-state index in [4.69, 9.17) is 5.73 Å². The minimum atomic E-state index is -0.461. The molecule has 1 rings (SSSR count). The topological polar surface area (TPSA) is 68.0 Å². The molecule has 1 aromatic heterocycles. The lowest BCUT2D eigenvalue weighted by atomic mass is 10.2. The van der Waals surface area contributed by atoms with E-state index in [1.807, 2.05) is 19.9 Å². The summed E-state index contributed by atoms with van der Waals surface area (Å²) in [5, 5.41) is 2.66. The van der Waals surface area contributed by atoms with Gasteiger partial charge in [0, 0.05) is 6.20 Å². The van der Waals surface area contributed by atoms with Crippen LogP contribution in [0.5, 0.6) is 0 Å². The number of nitrogens with two attached hydrogens (primary N) is 1. The minimum absolute atomic E-state index is 0.189. The molecular formula is C10H15N3O. The number of anilines is 1. The van der Waals surface area contributed by atoms with Crippen LogP contribution < -0.4 is 11.1 Å². The van der Waals surface area contributed by atoms with Crippen LogP contribution in [0.1, 0.15) is 18.9 Å². The zero-order valence-corrected chi connectivity index (χ0v) is 8.45. The van der Waals surface area contributed by atoms with Crippen molar-refractivity contribution in [2.24, 2.45) is 5.73 Å². The molecule has 1 aromatic rings. The molecule has 3 N–H and O–H groups in total. The first-order valence-corrected chi connectivity index (χ1v) is 4.62. The Bertz CT molecular complexity index is 325. The number of hydrogen-bond donors (Lipinski definition) is 2. The molecule has 1 heterocycles. The molecule has 14 heavy (non-hydrogen) atoms. The average molecular weight is 193 g/mol. The normalized spacial score (nSPS) is 12.2. The highest BCUT2D eigenvalue weighted by Crippen LogP contribution is 2.05. The first-order chi connectivity index (χ1) is 6.63. The van der Waals surface area contributed by atoms with Gasteiger partial charge in [-0.3, -0.25) is 4.79 Å². The Labute approximate surface area is 83.5 Å². The molecule has 76 valence electrons. The molecule has 0 aliphatic heterocycles. The van der Waals surface area contributed by atoms with Crippen LogP contribution in [0.25, 0.3) is 0 Å². The van der Waals surface area contributed by atoms with E-state index in [1.165, 1.54) is 0 Å². The van der Waals surface area contributed by atoms with Crippen molar-refractivity contribution in [2.75, 3.05) is 5.32 Å². The zero-order chi connectivity index (χ0) is 10.6. The standard InChI is InChI=1S/C10H15N3O/c1-3-8(11)10(14)13-9-6-7(2)4-5-12-9/h4-6,8H,3,11H2,1-2H3,(H,12,13,14)/t8-/m0/s1. The Balaban J connectivity index is 2.65. The molecule has 4 nitrogen and oxygen atoms in total. The van der Waals surface area contributed by atoms with Crippen LogP contribution in [0, 0.1) is 6.92 Å². The SMILES string of the molecule is CC[C@H](N)C(=O)Nc1cc(C)ccn1. The van der Waals surface area contributed by atoms with E-state index in [1.54, 1.807) is 12.3 Å². The molecule has 0 aliphatic carbocycles. The molecule has 0 spiro atoms. The molecule has 0 unspecified atom stereocenters. The smallest absolute Gasteiger partial charge is 0.242 e. The van der Waals surface area contributed by atoms with Gasteiger partial charge >= 0.3 is 0 Å². The van der Waals surface area contributed by atoms with Gasteiger partial charge in [0.15, 0.2) is 0 Å². The third-order valence-electron chi connectivity index (χ3n) is 1.94. The number of rotatable bonds is 3. The van der Waals surface area contributed by atoms with Crippen molar-refractivity contribution in [3.8, 4) is 0 Å². The van der Waals surface area contributed by atoms with Crippen LogP contribution in [0.4, 0.5) is 5.82 Å². The quantitative estimate of drug-likeness (QED) is 0.754. The van der Waals surface area contributed by atoms with Gasteiger partial charge in [0.2, 0.25) is 5.91 Å². The van der Waals surface area contributed by atoms with Crippen LogP contribution in [-0.2, 0) is 4.79 Å². The maximum atomic E-state index is 11.4. The number of carbonyl (C=O) groups excluding carboxylic acids is 1. The highest BCUT2D eigenvalue weighted by molar-refractivity contribution is 5.93. The van der Waals surface area contributed by atoms with Crippen molar-refractivity contribution in [1.82, 2.24) is 4.98 Å². The average Bonchev–Trinajstić information content (AvgIpc) is 2.16. The fourth-order valence-electron chi connectivity index (χ4n) is 1.01. The van der Waals surface area contributed by atoms with Crippen LogP contribution in [0.15, 0.2) is 18.3 Å². The van der Waals surface area contributed by atoms with Gasteiger partial charge in [0.05, 0.1) is 6.04 Å². The van der Waals surface area contributed by atoms with Gasteiger partial charge in [-0.1, -0.05) is 6.92 Å². The van der Waals surface area contributed by atoms with E-state index in [-0.39, 0.29) is 5.91 Å². The van der Waals surface area contributed by atoms with Crippen LogP contribution >= 0.6 is 0 Å². The summed E-state index contributed by atoms with van der Waals surface area (Å²) in [5.74, 6) is 0.365. The van der Waals surface area contributed by atoms with Gasteiger partial charge in [-0.05, 0) is 31.0 Å². The van der Waals surface area contributed by atoms with Crippen molar-refractivity contribution in [1.29, 1.82) is 0 Å². The molecule has 0 saturated heterocycles. The van der Waals surface area contributed by atoms with Crippen molar-refractivity contribution < 1.29 is 4.79 Å². The summed E-state index contributed by atoms with van der Waals surface area (Å²) in [6.07, 6.45) is 2.28. The monoisotopic (exact) mass is 193 g/mol. The van der Waals surface area contributed by atoms with E-state index in [0.717, 1.165) is 5.56 Å². The number of nitrogens with zero attached hydrogens (tertiary/aromatic N) is 1. The van der Waals surface area contributed by atoms with E-state index in [0.29, 0.717) is 12.2 Å². The summed E-state index contributed by atoms with van der Waals surface area (Å²) >= 11 is 0. The van der Waals surface area contributed by atoms with Crippen LogP contribution in [0.3, 0.4) is 0 Å². The highest BCUT2D eigenvalue weighted by atomic mass is 16.2. The van der Waals surface area contributed by atoms with Gasteiger partial charge < -0.3 is 11.1 Å². The summed E-state index contributed by atoms with van der Waals surface area (Å²) in [4.78, 5) is 15.4. The predicted molar refractivity (Wildman–Crippen MR) is 55.9 cm³/mol. The van der Waals surface area contributed by atoms with Gasteiger partial charge in [-0.15, -0.1) is 0 Å². The van der Waals surface area contributed by atoms with Crippen molar-refractivity contribution in [2.45, 2.75) is 26.3 Å². The number of amides is 1. The van der Waals surface area contributed by atoms with Gasteiger partial charge in [-0.25, -0.2) is 4.98 Å². The largest absolute Gasteiger partial charge is 0.320 e. The first-order valence-electron chi connectivity index (χ1n) is 4.62. The molecule has 0 saturated carbocycles. The fourth-order valence-corrected chi connectivity index (χ4v) is 1.01. The lowest BCUT2D eigenvalue weighted by Crippen LogP contribution is -2.35. The molecule has 0 aromatic carbocycles. The molecule has 0 aliphatic rings. The number of hydrogen-bond acceptors (Lipinski definition) is 3. The lowest BCUT2D eigenvalue weighted by molar-refractivity contribution is -0.117. The van der Waals surface area contributed by atoms with E-state index < -0.39 is 6.04 Å². The summed E-state index contributed by atoms with van der Waals surface area (Å²) < 4.78 is 0. The summed E-state index contributed by atoms with van der Waals surface area (Å²) in [6.45, 7) is 3.81. The molecule has 0 fully saturated rings. The van der Waals surface area contributed by atoms with E-state index in [2.05, 4.69) is 10.3 Å². The Morgan fingerprint density at radius 3 is 3.00 bits per heavy atom. The highest BCUT2D eigenvalue weighted by Gasteiger charge is 2.10. The van der Waals surface area contributed by atoms with Gasteiger partial charge in [0.25, 0.3) is 0 Å². The Morgan fingerprint density at radius 2 is 2.43 bits per heavy atom. The van der Waals surface area contributed by atoms with Crippen molar-refractivity contribution in [3.05, 3.63) is 23.9 Å². The Morgan fingerprint density at radius 1 is 1.71 bits per heavy atom. The predicted octanol–water partition coefficient (Wildman–Crippen LogP) is 1.07. The van der Waals surface area contributed by atoms with Crippen LogP contribution in [-0.4, -0.2) is 16.9 Å². The third kappa shape index (κ3) is 2.81. The second-order valence-electron chi connectivity index (χ2n) is 3.22. The number of aryl methyl sites for hydroxylation is 1. The summed E-state index contributed by atoms with van der Waals surface area (Å²) in [6, 6.07) is 3.22. The second kappa shape index (κ2) is 4.72. The van der Waals surface area contributed by atoms with Gasteiger partial charge in [-0.2, -0.15) is 0 Å². The molecular weight excluding hydrogens is 178 g/mol. The Hall–Kier alpha value is -1.42. The van der Waals surface area contributed by atoms with E-state index in [9.17, 15) is 4.79 Å². The first kappa shape index (κ1) is 10.7. The fraction of sp³-hybridized carbons (Fsp3) is 0.400. The van der Waals surface area contributed by atoms with Gasteiger partial charge in [0.1, 0.15) is 5.82 Å². The Kier molecular flexibility index (Phi) is 3.59. The number of aromatic nitrogens is 1. The maximum Gasteiger partial charge on any atom is 0.242 e. The number of carbonyl (C=O) groups is 1. The zero-order valence-electron chi connectivity index (χ0n) is 8.45. The lowest BCUT2D eigenvalue weighted by Gasteiger charge is -2.09. The molecule has 1 atom stereocenters. The summed E-state index contributed by atoms with van der Waals surface area (Å²) in [7, 11) is 0. The number of nitrogens with one attached hydrogen (secondary N) is 1. The van der Waals surface area contributed by atoms with Crippen molar-refractivity contribution >= 4 is 11.7 Å². The third-order valence-corrected chi connectivity index (χ3v) is 1.94. The van der Waals surface area contributed by atoms with Crippen molar-refractivity contribution in [3.63, 3.8) is 0 Å². The molecule has 0 radical (unpaired) electrons. The maximum absolute atomic E-state index is 11.4. The molecule has 4 heteroatoms. The minimum Gasteiger partial charge on any atom is -0.320 e. The molecule has 1 amide bonds. The second-order valence-corrected chi connectivity index (χ2v) is 3.22. The van der Waals surface area contributed by atoms with E-state index >= 15 is 0 Å². The van der Waals surface area contributed by atoms with Crippen LogP contribution in [0.2, 0.25) is 0 Å².